The molecule has 0 aromatic carbocycles. The van der Waals surface area contributed by atoms with Gasteiger partial charge in [-0.05, 0) is 44.2 Å². The quantitative estimate of drug-likeness (QED) is 0.269. The van der Waals surface area contributed by atoms with Gasteiger partial charge in [0.2, 0.25) is 0 Å². The Morgan fingerprint density at radius 2 is 1.91 bits per heavy atom. The number of sulfone groups is 1. The molecule has 7 rings (SSSR count). The molecular weight excluding hydrogens is 566 g/mol. The molecule has 6 aromatic rings. The number of hydrogen-bond donors (Lipinski definition) is 0. The number of nitrogens with zero attached hydrogens (tertiary/aromatic N) is 9. The van der Waals surface area contributed by atoms with Crippen molar-refractivity contribution in [3.63, 3.8) is 0 Å². The third-order valence-electron chi connectivity index (χ3n) is 8.08. The van der Waals surface area contributed by atoms with E-state index in [-0.39, 0.29) is 17.7 Å². The molecule has 218 valence electrons. The number of rotatable bonds is 7. The summed E-state index contributed by atoms with van der Waals surface area (Å²) in [7, 11) is -1.46. The Labute approximate surface area is 247 Å². The lowest BCUT2D eigenvalue weighted by Gasteiger charge is -2.48. The highest BCUT2D eigenvalue weighted by Gasteiger charge is 2.38. The first kappa shape index (κ1) is 27.0. The maximum atomic E-state index is 12.0. The highest BCUT2D eigenvalue weighted by Crippen LogP contribution is 2.36. The fraction of sp³-hybridized carbons (Fsp3) is 0.267. The fourth-order valence-electron chi connectivity index (χ4n) is 5.76. The highest BCUT2D eigenvalue weighted by molar-refractivity contribution is 7.90. The lowest BCUT2D eigenvalue weighted by Crippen LogP contribution is -2.57. The summed E-state index contributed by atoms with van der Waals surface area (Å²) in [5.74, 6) is 1.51. The molecule has 6 aromatic heterocycles. The van der Waals surface area contributed by atoms with Crippen molar-refractivity contribution in [2.75, 3.05) is 30.6 Å². The van der Waals surface area contributed by atoms with Crippen LogP contribution in [0.2, 0.25) is 0 Å². The van der Waals surface area contributed by atoms with Crippen LogP contribution in [0.3, 0.4) is 0 Å². The number of methoxy groups -OCH3 is 1. The van der Waals surface area contributed by atoms with E-state index in [1.165, 1.54) is 12.6 Å². The zero-order chi connectivity index (χ0) is 29.9. The van der Waals surface area contributed by atoms with E-state index in [0.29, 0.717) is 29.5 Å². The minimum absolute atomic E-state index is 0.0438. The van der Waals surface area contributed by atoms with Crippen molar-refractivity contribution >= 4 is 32.1 Å². The number of pyridine rings is 4. The third-order valence-corrected chi connectivity index (χ3v) is 9.11. The molecule has 0 radical (unpaired) electrons. The average molecular weight is 596 g/mol. The number of anilines is 1. The lowest BCUT2D eigenvalue weighted by atomic mass is 9.91. The van der Waals surface area contributed by atoms with E-state index in [1.54, 1.807) is 30.2 Å². The first-order valence-electron chi connectivity index (χ1n) is 13.8. The molecule has 0 amide bonds. The third kappa shape index (κ3) is 4.84. The molecule has 12 nitrogen and oxygen atoms in total. The minimum atomic E-state index is -3.08. The second kappa shape index (κ2) is 10.1. The largest absolute Gasteiger partial charge is 0.496 e. The van der Waals surface area contributed by atoms with Crippen LogP contribution in [0.1, 0.15) is 12.6 Å². The van der Waals surface area contributed by atoms with Gasteiger partial charge in [0.1, 0.15) is 21.9 Å². The molecule has 0 bridgehead atoms. The number of ether oxygens (including phenoxy) is 1. The molecule has 7 heterocycles. The normalized spacial score (nSPS) is 17.0. The first-order valence-corrected chi connectivity index (χ1v) is 15.8. The molecule has 0 unspecified atom stereocenters. The van der Waals surface area contributed by atoms with Crippen LogP contribution in [0.25, 0.3) is 44.9 Å². The number of aryl methyl sites for hydroxylation is 1. The highest BCUT2D eigenvalue weighted by atomic mass is 32.2. The second-order valence-electron chi connectivity index (χ2n) is 11.0. The molecular formula is C30H29N9O3S. The Kier molecular flexibility index (Phi) is 6.34. The smallest absolute Gasteiger partial charge is 0.156 e. The van der Waals surface area contributed by atoms with Gasteiger partial charge in [-0.1, -0.05) is 0 Å². The summed E-state index contributed by atoms with van der Waals surface area (Å²) in [6, 6.07) is 11.7. The summed E-state index contributed by atoms with van der Waals surface area (Å²) < 4.78 is 33.1. The van der Waals surface area contributed by atoms with Gasteiger partial charge in [-0.15, -0.1) is 0 Å². The molecule has 1 fully saturated rings. The predicted molar refractivity (Wildman–Crippen MR) is 163 cm³/mol. The SMILES string of the molecule is COc1ccncc1-c1cc2c(cnn2-c2cc(N3C[C@H](CS(C)(=O)=O)[C@H]3C)cc(-c3ccn4ncnc4c3)n2)c(C)n1. The van der Waals surface area contributed by atoms with Gasteiger partial charge in [0.25, 0.3) is 0 Å². The molecule has 0 N–H and O–H groups in total. The lowest BCUT2D eigenvalue weighted by molar-refractivity contribution is 0.341. The van der Waals surface area contributed by atoms with E-state index in [1.807, 2.05) is 54.2 Å². The van der Waals surface area contributed by atoms with Crippen LogP contribution in [0.4, 0.5) is 5.69 Å². The van der Waals surface area contributed by atoms with Gasteiger partial charge in [0.15, 0.2) is 11.5 Å². The minimum Gasteiger partial charge on any atom is -0.496 e. The van der Waals surface area contributed by atoms with E-state index in [0.717, 1.165) is 39.1 Å². The van der Waals surface area contributed by atoms with E-state index < -0.39 is 9.84 Å². The van der Waals surface area contributed by atoms with E-state index >= 15 is 0 Å². The molecule has 43 heavy (non-hydrogen) atoms. The first-order chi connectivity index (χ1) is 20.7. The van der Waals surface area contributed by atoms with Crippen molar-refractivity contribution in [2.24, 2.45) is 5.92 Å². The fourth-order valence-corrected chi connectivity index (χ4v) is 6.92. The molecule has 1 saturated heterocycles. The van der Waals surface area contributed by atoms with Gasteiger partial charge in [-0.3, -0.25) is 9.97 Å². The summed E-state index contributed by atoms with van der Waals surface area (Å²) in [6.45, 7) is 4.65. The second-order valence-corrected chi connectivity index (χ2v) is 13.1. The van der Waals surface area contributed by atoms with Crippen molar-refractivity contribution in [2.45, 2.75) is 19.9 Å². The van der Waals surface area contributed by atoms with Crippen molar-refractivity contribution in [3.8, 4) is 34.1 Å². The number of hydrogen-bond acceptors (Lipinski definition) is 10. The van der Waals surface area contributed by atoms with Crippen molar-refractivity contribution in [3.05, 3.63) is 73.2 Å². The summed E-state index contributed by atoms with van der Waals surface area (Å²) in [6.07, 6.45) is 9.88. The Morgan fingerprint density at radius 3 is 2.70 bits per heavy atom. The Balaban J connectivity index is 1.37. The average Bonchev–Trinajstić information content (AvgIpc) is 3.65. The maximum Gasteiger partial charge on any atom is 0.156 e. The van der Waals surface area contributed by atoms with Crippen LogP contribution in [-0.4, -0.2) is 79.5 Å². The maximum absolute atomic E-state index is 12.0. The van der Waals surface area contributed by atoms with Crippen molar-refractivity contribution < 1.29 is 13.2 Å². The van der Waals surface area contributed by atoms with Crippen molar-refractivity contribution in [1.82, 2.24) is 39.3 Å². The van der Waals surface area contributed by atoms with Gasteiger partial charge in [0, 0.05) is 71.7 Å². The van der Waals surface area contributed by atoms with Crippen LogP contribution in [0.5, 0.6) is 5.75 Å². The Hall–Kier alpha value is -4.91. The molecule has 0 spiro atoms. The van der Waals surface area contributed by atoms with Crippen LogP contribution in [0, 0.1) is 12.8 Å². The van der Waals surface area contributed by atoms with Crippen molar-refractivity contribution in [1.29, 1.82) is 0 Å². The van der Waals surface area contributed by atoms with Crippen LogP contribution < -0.4 is 9.64 Å². The Bertz CT molecular complexity index is 2120. The predicted octanol–water partition coefficient (Wildman–Crippen LogP) is 3.77. The summed E-state index contributed by atoms with van der Waals surface area (Å²) in [5.41, 5.74) is 6.39. The summed E-state index contributed by atoms with van der Waals surface area (Å²) in [4.78, 5) is 20.7. The van der Waals surface area contributed by atoms with Crippen LogP contribution >= 0.6 is 0 Å². The van der Waals surface area contributed by atoms with E-state index in [9.17, 15) is 8.42 Å². The van der Waals surface area contributed by atoms with Gasteiger partial charge in [-0.2, -0.15) is 10.2 Å². The number of aromatic nitrogens is 8. The number of fused-ring (bicyclic) bond motifs is 2. The van der Waals surface area contributed by atoms with Crippen LogP contribution in [0.15, 0.2) is 67.5 Å². The van der Waals surface area contributed by atoms with Gasteiger partial charge < -0.3 is 9.64 Å². The standard InChI is InChI=1S/C30H29N9O3S/c1-18-23-14-33-39(27(23)12-26(35-18)24-13-31-7-5-28(24)42-3)30-11-22(37-15-21(19(37)2)16-43(4,40)41)10-25(36-30)20-6-8-38-29(9-20)32-17-34-38/h5-14,17,19,21H,15-16H2,1-4H3/t19-,21-/m1/s1. The van der Waals surface area contributed by atoms with E-state index in [4.69, 9.17) is 19.8 Å². The van der Waals surface area contributed by atoms with Gasteiger partial charge in [-0.25, -0.2) is 27.6 Å². The van der Waals surface area contributed by atoms with Gasteiger partial charge in [0.05, 0.1) is 41.5 Å². The molecule has 1 aliphatic rings. The zero-order valence-corrected chi connectivity index (χ0v) is 24.9. The van der Waals surface area contributed by atoms with E-state index in [2.05, 4.69) is 26.9 Å². The molecule has 0 saturated carbocycles. The van der Waals surface area contributed by atoms with Crippen LogP contribution in [-0.2, 0) is 9.84 Å². The Morgan fingerprint density at radius 1 is 1.05 bits per heavy atom. The topological polar surface area (TPSA) is 133 Å². The zero-order valence-electron chi connectivity index (χ0n) is 24.1. The molecule has 1 aliphatic heterocycles. The summed E-state index contributed by atoms with van der Waals surface area (Å²) in [5, 5.41) is 9.86. The monoisotopic (exact) mass is 595 g/mol. The molecule has 2 atom stereocenters. The molecule has 13 heteroatoms. The summed E-state index contributed by atoms with van der Waals surface area (Å²) >= 11 is 0. The van der Waals surface area contributed by atoms with Gasteiger partial charge >= 0.3 is 0 Å². The molecule has 0 aliphatic carbocycles.